The molecule has 1 atom stereocenters. The Morgan fingerprint density at radius 3 is 1.87 bits per heavy atom. The Hall–Kier alpha value is -2.04. The van der Waals surface area contributed by atoms with E-state index in [4.69, 9.17) is 14.6 Å². The van der Waals surface area contributed by atoms with Gasteiger partial charge in [0.2, 0.25) is 0 Å². The van der Waals surface area contributed by atoms with Crippen molar-refractivity contribution in [3.63, 3.8) is 0 Å². The second-order valence-corrected chi connectivity index (χ2v) is 5.46. The third-order valence-corrected chi connectivity index (χ3v) is 3.38. The minimum Gasteiger partial charge on any atom is -0.494 e. The van der Waals surface area contributed by atoms with Crippen LogP contribution < -0.4 is 9.47 Å². The van der Waals surface area contributed by atoms with Crippen LogP contribution in [0.1, 0.15) is 24.5 Å². The zero-order valence-electron chi connectivity index (χ0n) is 13.4. The van der Waals surface area contributed by atoms with Gasteiger partial charge in [0.1, 0.15) is 24.2 Å². The molecule has 2 aromatic carbocycles. The molecule has 1 unspecified atom stereocenters. The first-order valence-corrected chi connectivity index (χ1v) is 7.93. The van der Waals surface area contributed by atoms with E-state index >= 15 is 0 Å². The van der Waals surface area contributed by atoms with E-state index in [0.29, 0.717) is 5.75 Å². The first-order valence-electron chi connectivity index (χ1n) is 7.93. The third kappa shape index (κ3) is 5.93. The van der Waals surface area contributed by atoms with Gasteiger partial charge in [-0.05, 0) is 48.2 Å². The van der Waals surface area contributed by atoms with E-state index in [1.165, 1.54) is 11.1 Å². The molecule has 0 spiro atoms. The van der Waals surface area contributed by atoms with E-state index in [2.05, 4.69) is 19.1 Å². The molecule has 0 saturated heterocycles. The van der Waals surface area contributed by atoms with Crippen LogP contribution in [0.15, 0.2) is 48.5 Å². The van der Waals surface area contributed by atoms with Crippen molar-refractivity contribution in [2.24, 2.45) is 0 Å². The Morgan fingerprint density at radius 2 is 1.39 bits per heavy atom. The van der Waals surface area contributed by atoms with Crippen LogP contribution >= 0.6 is 0 Å². The summed E-state index contributed by atoms with van der Waals surface area (Å²) in [6, 6.07) is 15.9. The summed E-state index contributed by atoms with van der Waals surface area (Å²) in [6.07, 6.45) is 1.00. The summed E-state index contributed by atoms with van der Waals surface area (Å²) in [5.41, 5.74) is 2.40. The number of rotatable bonds is 9. The lowest BCUT2D eigenvalue weighted by Crippen LogP contribution is -2.21. The fourth-order valence-corrected chi connectivity index (χ4v) is 2.11. The summed E-state index contributed by atoms with van der Waals surface area (Å²) in [7, 11) is 0. The monoisotopic (exact) mass is 316 g/mol. The van der Waals surface area contributed by atoms with Crippen molar-refractivity contribution in [3.8, 4) is 11.5 Å². The van der Waals surface area contributed by atoms with E-state index in [1.807, 2.05) is 36.4 Å². The second kappa shape index (κ2) is 9.18. The van der Waals surface area contributed by atoms with E-state index in [0.717, 1.165) is 25.2 Å². The summed E-state index contributed by atoms with van der Waals surface area (Å²) in [4.78, 5) is 0. The highest BCUT2D eigenvalue weighted by Gasteiger charge is 2.03. The predicted octanol–water partition coefficient (Wildman–Crippen LogP) is 2.80. The fourth-order valence-electron chi connectivity index (χ4n) is 2.11. The molecule has 23 heavy (non-hydrogen) atoms. The van der Waals surface area contributed by atoms with Gasteiger partial charge in [0.15, 0.2) is 0 Å². The van der Waals surface area contributed by atoms with Crippen molar-refractivity contribution in [3.05, 3.63) is 59.7 Å². The zero-order chi connectivity index (χ0) is 16.5. The van der Waals surface area contributed by atoms with Crippen molar-refractivity contribution < 1.29 is 19.7 Å². The molecular weight excluding hydrogens is 292 g/mol. The lowest BCUT2D eigenvalue weighted by molar-refractivity contribution is 0.0536. The molecular formula is C19H24O4. The van der Waals surface area contributed by atoms with Crippen LogP contribution in [-0.4, -0.2) is 36.1 Å². The fraction of sp³-hybridized carbons (Fsp3) is 0.368. The zero-order valence-corrected chi connectivity index (χ0v) is 13.4. The molecule has 0 saturated carbocycles. The average Bonchev–Trinajstić information content (AvgIpc) is 2.60. The van der Waals surface area contributed by atoms with Gasteiger partial charge in [-0.25, -0.2) is 0 Å². The highest BCUT2D eigenvalue weighted by atomic mass is 16.5. The van der Waals surface area contributed by atoms with Crippen molar-refractivity contribution in [1.82, 2.24) is 0 Å². The Morgan fingerprint density at radius 1 is 0.870 bits per heavy atom. The summed E-state index contributed by atoms with van der Waals surface area (Å²) in [6.45, 7) is 2.63. The third-order valence-electron chi connectivity index (χ3n) is 3.38. The Kier molecular flexibility index (Phi) is 6.91. The lowest BCUT2D eigenvalue weighted by Gasteiger charge is -2.10. The first kappa shape index (κ1) is 17.3. The molecule has 0 aliphatic heterocycles. The molecule has 0 aliphatic carbocycles. The van der Waals surface area contributed by atoms with Crippen molar-refractivity contribution in [1.29, 1.82) is 0 Å². The second-order valence-electron chi connectivity index (χ2n) is 5.46. The van der Waals surface area contributed by atoms with Gasteiger partial charge < -0.3 is 19.7 Å². The molecule has 2 N–H and O–H groups in total. The molecule has 2 aromatic rings. The van der Waals surface area contributed by atoms with Gasteiger partial charge in [-0.1, -0.05) is 31.2 Å². The molecule has 0 bridgehead atoms. The smallest absolute Gasteiger partial charge is 0.119 e. The van der Waals surface area contributed by atoms with Crippen molar-refractivity contribution >= 4 is 0 Å². The van der Waals surface area contributed by atoms with E-state index < -0.39 is 6.10 Å². The average molecular weight is 316 g/mol. The number of benzene rings is 2. The maximum Gasteiger partial charge on any atom is 0.119 e. The lowest BCUT2D eigenvalue weighted by atomic mass is 10.0. The highest BCUT2D eigenvalue weighted by molar-refractivity contribution is 5.34. The quantitative estimate of drug-likeness (QED) is 0.747. The molecule has 124 valence electrons. The molecule has 0 heterocycles. The normalized spacial score (nSPS) is 12.0. The van der Waals surface area contributed by atoms with Crippen LogP contribution in [0, 0.1) is 0 Å². The topological polar surface area (TPSA) is 58.9 Å². The van der Waals surface area contributed by atoms with Crippen molar-refractivity contribution in [2.75, 3.05) is 19.8 Å². The molecule has 4 heteroatoms. The molecule has 0 aromatic heterocycles. The van der Waals surface area contributed by atoms with Gasteiger partial charge in [-0.15, -0.1) is 0 Å². The van der Waals surface area contributed by atoms with Gasteiger partial charge >= 0.3 is 0 Å². The summed E-state index contributed by atoms with van der Waals surface area (Å²) in [5.74, 6) is 1.59. The predicted molar refractivity (Wildman–Crippen MR) is 90.1 cm³/mol. The van der Waals surface area contributed by atoms with Crippen LogP contribution in [0.2, 0.25) is 0 Å². The number of aliphatic hydroxyl groups excluding tert-OH is 2. The molecule has 0 radical (unpaired) electrons. The van der Waals surface area contributed by atoms with Crippen molar-refractivity contribution in [2.45, 2.75) is 25.9 Å². The summed E-state index contributed by atoms with van der Waals surface area (Å²) in [5, 5.41) is 18.0. The van der Waals surface area contributed by atoms with Gasteiger partial charge in [-0.2, -0.15) is 0 Å². The highest BCUT2D eigenvalue weighted by Crippen LogP contribution is 2.18. The van der Waals surface area contributed by atoms with Crippen LogP contribution in [0.25, 0.3) is 0 Å². The largest absolute Gasteiger partial charge is 0.494 e. The number of hydrogen-bond acceptors (Lipinski definition) is 4. The van der Waals surface area contributed by atoms with Gasteiger partial charge in [0.25, 0.3) is 0 Å². The Balaban J connectivity index is 1.87. The minimum atomic E-state index is -0.844. The first-order chi connectivity index (χ1) is 11.2. The van der Waals surface area contributed by atoms with Gasteiger partial charge in [0.05, 0.1) is 13.2 Å². The molecule has 0 aliphatic rings. The van der Waals surface area contributed by atoms with Crippen LogP contribution in [0.3, 0.4) is 0 Å². The maximum absolute atomic E-state index is 9.26. The summed E-state index contributed by atoms with van der Waals surface area (Å²) >= 11 is 0. The van der Waals surface area contributed by atoms with Crippen LogP contribution in [-0.2, 0) is 6.42 Å². The number of aliphatic hydroxyl groups is 2. The molecule has 4 nitrogen and oxygen atoms in total. The van der Waals surface area contributed by atoms with Crippen LogP contribution in [0.5, 0.6) is 11.5 Å². The molecule has 2 rings (SSSR count). The Labute approximate surface area is 137 Å². The SMILES string of the molecule is CCCOc1ccc(Cc2ccc(OCC(O)CO)cc2)cc1. The van der Waals surface area contributed by atoms with E-state index in [1.54, 1.807) is 0 Å². The van der Waals surface area contributed by atoms with Crippen LogP contribution in [0.4, 0.5) is 0 Å². The molecule has 0 fully saturated rings. The van der Waals surface area contributed by atoms with E-state index in [-0.39, 0.29) is 13.2 Å². The number of hydrogen-bond donors (Lipinski definition) is 2. The number of ether oxygens (including phenoxy) is 2. The summed E-state index contributed by atoms with van der Waals surface area (Å²) < 4.78 is 11.0. The van der Waals surface area contributed by atoms with E-state index in [9.17, 15) is 5.11 Å². The standard InChI is InChI=1S/C19H24O4/c1-2-11-22-18-7-3-15(4-8-18)12-16-5-9-19(10-6-16)23-14-17(21)13-20/h3-10,17,20-21H,2,11-14H2,1H3. The van der Waals surface area contributed by atoms with Gasteiger partial charge in [0, 0.05) is 0 Å². The Bertz CT molecular complexity index is 563. The maximum atomic E-state index is 9.26. The molecule has 0 amide bonds. The minimum absolute atomic E-state index is 0.0923. The van der Waals surface area contributed by atoms with Gasteiger partial charge in [-0.3, -0.25) is 0 Å².